The molecule has 11 heteroatoms. The summed E-state index contributed by atoms with van der Waals surface area (Å²) < 4.78 is 39.6. The van der Waals surface area contributed by atoms with E-state index in [9.17, 15) is 18.0 Å². The van der Waals surface area contributed by atoms with Crippen molar-refractivity contribution in [2.24, 2.45) is 10.2 Å². The zero-order valence-electron chi connectivity index (χ0n) is 24.0. The molecular formula is C30H34N4O6S. The van der Waals surface area contributed by atoms with Gasteiger partial charge in [0, 0.05) is 23.5 Å². The van der Waals surface area contributed by atoms with E-state index in [1.54, 1.807) is 62.4 Å². The number of carbonyl (C=O) groups is 2. The summed E-state index contributed by atoms with van der Waals surface area (Å²) in [4.78, 5) is 23.6. The number of nitrogens with zero attached hydrogens (tertiary/aromatic N) is 4. The molecule has 0 bridgehead atoms. The minimum atomic E-state index is -4.22. The van der Waals surface area contributed by atoms with Gasteiger partial charge < -0.3 is 9.47 Å². The number of carbonyl (C=O) groups excluding carboxylic acids is 2. The highest BCUT2D eigenvalue weighted by molar-refractivity contribution is 8.19. The van der Waals surface area contributed by atoms with Gasteiger partial charge in [0.1, 0.15) is 11.5 Å². The number of rotatable bonds is 8. The predicted molar refractivity (Wildman–Crippen MR) is 158 cm³/mol. The molecule has 2 heterocycles. The van der Waals surface area contributed by atoms with Crippen LogP contribution in [-0.2, 0) is 19.4 Å². The molecule has 2 aromatic carbocycles. The van der Waals surface area contributed by atoms with Crippen molar-refractivity contribution in [1.29, 1.82) is 0 Å². The van der Waals surface area contributed by atoms with Crippen molar-refractivity contribution in [3.63, 3.8) is 0 Å². The lowest BCUT2D eigenvalue weighted by molar-refractivity contribution is -0.113. The molecule has 0 saturated carbocycles. The number of hydrogen-bond acceptors (Lipinski definition) is 10. The fourth-order valence-electron chi connectivity index (χ4n) is 4.90. The van der Waals surface area contributed by atoms with Crippen LogP contribution in [-0.4, -0.2) is 67.4 Å². The second-order valence-corrected chi connectivity index (χ2v) is 11.8. The number of sulfone groups is 1. The molecule has 0 aliphatic carbocycles. The third kappa shape index (κ3) is 6.40. The van der Waals surface area contributed by atoms with Crippen LogP contribution in [0.25, 0.3) is 0 Å². The second-order valence-electron chi connectivity index (χ2n) is 9.99. The van der Waals surface area contributed by atoms with Gasteiger partial charge in [0.15, 0.2) is 21.7 Å². The first kappa shape index (κ1) is 29.7. The number of ketones is 2. The molecule has 0 spiro atoms. The van der Waals surface area contributed by atoms with E-state index in [1.165, 1.54) is 26.0 Å². The Morgan fingerprint density at radius 3 is 1.34 bits per heavy atom. The molecule has 41 heavy (non-hydrogen) atoms. The number of ether oxygens (including phenoxy) is 2. The monoisotopic (exact) mass is 578 g/mol. The van der Waals surface area contributed by atoms with E-state index in [0.717, 1.165) is 11.1 Å². The lowest BCUT2D eigenvalue weighted by Crippen LogP contribution is -2.31. The molecule has 0 amide bonds. The topological polar surface area (TPSA) is 118 Å². The molecule has 2 atom stereocenters. The highest BCUT2D eigenvalue weighted by atomic mass is 32.2. The molecule has 4 rings (SSSR count). The van der Waals surface area contributed by atoms with Crippen LogP contribution in [0, 0.1) is 0 Å². The minimum absolute atomic E-state index is 0.0636. The number of hydrazone groups is 2. The first-order valence-electron chi connectivity index (χ1n) is 13.1. The SMILES string of the molecule is COc1ccc(C2CN(/C(C)=C/C(C)=O)N=C2S(=O)(=O)C2=NN(/C(C)=C/C(C)=O)CC2c2ccc(OC)cc2)cc1. The number of methoxy groups -OCH3 is 2. The van der Waals surface area contributed by atoms with E-state index in [-0.39, 0.29) is 34.7 Å². The van der Waals surface area contributed by atoms with Gasteiger partial charge in [-0.05, 0) is 63.1 Å². The Morgan fingerprint density at radius 2 is 1.05 bits per heavy atom. The summed E-state index contributed by atoms with van der Waals surface area (Å²) in [6.07, 6.45) is 2.85. The molecule has 0 aromatic heterocycles. The van der Waals surface area contributed by atoms with Gasteiger partial charge >= 0.3 is 0 Å². The van der Waals surface area contributed by atoms with Crippen LogP contribution in [0.1, 0.15) is 50.7 Å². The molecule has 0 fully saturated rings. The molecule has 10 nitrogen and oxygen atoms in total. The first-order valence-corrected chi connectivity index (χ1v) is 14.6. The molecule has 2 unspecified atom stereocenters. The van der Waals surface area contributed by atoms with Crippen LogP contribution in [0.4, 0.5) is 0 Å². The van der Waals surface area contributed by atoms with Gasteiger partial charge in [-0.15, -0.1) is 0 Å². The van der Waals surface area contributed by atoms with Gasteiger partial charge in [-0.25, -0.2) is 8.42 Å². The third-order valence-electron chi connectivity index (χ3n) is 6.97. The Balaban J connectivity index is 1.84. The normalized spacial score (nSPS) is 19.7. The average Bonchev–Trinajstić information content (AvgIpc) is 3.59. The van der Waals surface area contributed by atoms with E-state index >= 15 is 0 Å². The summed E-state index contributed by atoms with van der Waals surface area (Å²) >= 11 is 0. The van der Waals surface area contributed by atoms with E-state index in [4.69, 9.17) is 9.47 Å². The van der Waals surface area contributed by atoms with Crippen molar-refractivity contribution < 1.29 is 27.5 Å². The lowest BCUT2D eigenvalue weighted by Gasteiger charge is -2.18. The summed E-state index contributed by atoms with van der Waals surface area (Å²) in [6, 6.07) is 14.3. The van der Waals surface area contributed by atoms with Crippen molar-refractivity contribution in [3.8, 4) is 11.5 Å². The largest absolute Gasteiger partial charge is 0.497 e. The van der Waals surface area contributed by atoms with E-state index < -0.39 is 21.7 Å². The summed E-state index contributed by atoms with van der Waals surface area (Å²) in [6.45, 7) is 6.75. The van der Waals surface area contributed by atoms with Crippen molar-refractivity contribution >= 4 is 31.5 Å². The van der Waals surface area contributed by atoms with Crippen LogP contribution >= 0.6 is 0 Å². The summed E-state index contributed by atoms with van der Waals surface area (Å²) in [7, 11) is -1.10. The van der Waals surface area contributed by atoms with Crippen molar-refractivity contribution in [3.05, 3.63) is 83.2 Å². The second kappa shape index (κ2) is 12.1. The standard InChI is InChI=1S/C30H34N4O6S/c1-19(15-21(3)35)33-17-27(23-7-11-25(39-5)12-8-23)29(31-33)41(37,38)30-28(24-9-13-26(40-6)14-10-24)18-34(32-30)20(2)16-22(4)36/h7-16,27-28H,17-18H2,1-6H3/b19-15+,20-16+. The van der Waals surface area contributed by atoms with Crippen LogP contribution in [0.5, 0.6) is 11.5 Å². The molecular weight excluding hydrogens is 544 g/mol. The van der Waals surface area contributed by atoms with E-state index in [1.807, 2.05) is 24.3 Å². The van der Waals surface area contributed by atoms with Gasteiger partial charge in [-0.1, -0.05) is 24.3 Å². The van der Waals surface area contributed by atoms with Crippen LogP contribution < -0.4 is 9.47 Å². The summed E-state index contributed by atoms with van der Waals surface area (Å²) in [5.74, 6) is -0.302. The van der Waals surface area contributed by atoms with Crippen molar-refractivity contribution in [2.45, 2.75) is 39.5 Å². The Bertz CT molecular complexity index is 1450. The third-order valence-corrected chi connectivity index (χ3v) is 8.80. The molecule has 0 N–H and O–H groups in total. The van der Waals surface area contributed by atoms with Crippen molar-refractivity contribution in [1.82, 2.24) is 10.0 Å². The average molecular weight is 579 g/mol. The number of allylic oxidation sites excluding steroid dienone is 4. The molecule has 216 valence electrons. The van der Waals surface area contributed by atoms with Gasteiger partial charge in [-0.2, -0.15) is 10.2 Å². The maximum absolute atomic E-state index is 14.5. The molecule has 0 saturated heterocycles. The zero-order chi connectivity index (χ0) is 29.9. The maximum Gasteiger partial charge on any atom is 0.238 e. The Kier molecular flexibility index (Phi) is 8.77. The fourth-order valence-corrected chi connectivity index (χ4v) is 6.70. The first-order chi connectivity index (χ1) is 19.4. The lowest BCUT2D eigenvalue weighted by atomic mass is 10.00. The van der Waals surface area contributed by atoms with Gasteiger partial charge in [0.2, 0.25) is 9.84 Å². The smallest absolute Gasteiger partial charge is 0.238 e. The van der Waals surface area contributed by atoms with Gasteiger partial charge in [-0.3, -0.25) is 19.6 Å². The number of benzene rings is 2. The minimum Gasteiger partial charge on any atom is -0.497 e. The van der Waals surface area contributed by atoms with Crippen LogP contribution in [0.3, 0.4) is 0 Å². The summed E-state index contributed by atoms with van der Waals surface area (Å²) in [5, 5.41) is 12.1. The molecule has 2 aliphatic rings. The van der Waals surface area contributed by atoms with Crippen molar-refractivity contribution in [2.75, 3.05) is 27.3 Å². The Morgan fingerprint density at radius 1 is 0.707 bits per heavy atom. The van der Waals surface area contributed by atoms with E-state index in [0.29, 0.717) is 22.9 Å². The highest BCUT2D eigenvalue weighted by Gasteiger charge is 2.45. The maximum atomic E-state index is 14.5. The highest BCUT2D eigenvalue weighted by Crippen LogP contribution is 2.37. The molecule has 2 aliphatic heterocycles. The van der Waals surface area contributed by atoms with E-state index in [2.05, 4.69) is 10.2 Å². The fraction of sp³-hybridized carbons (Fsp3) is 0.333. The zero-order valence-corrected chi connectivity index (χ0v) is 24.8. The number of hydrogen-bond donors (Lipinski definition) is 0. The summed E-state index contributed by atoms with van der Waals surface area (Å²) in [5.41, 5.74) is 2.52. The van der Waals surface area contributed by atoms with Gasteiger partial charge in [0.25, 0.3) is 0 Å². The van der Waals surface area contributed by atoms with Crippen LogP contribution in [0.15, 0.2) is 82.3 Å². The predicted octanol–water partition coefficient (Wildman–Crippen LogP) is 4.23. The molecule has 0 radical (unpaired) electrons. The molecule has 2 aromatic rings. The quantitative estimate of drug-likeness (QED) is 0.427. The van der Waals surface area contributed by atoms with Crippen LogP contribution in [0.2, 0.25) is 0 Å². The Hall–Kier alpha value is -4.25. The van der Waals surface area contributed by atoms with Gasteiger partial charge in [0.05, 0.1) is 39.1 Å². The Labute approximate surface area is 240 Å².